The second-order valence-corrected chi connectivity index (χ2v) is 9.32. The van der Waals surface area contributed by atoms with Crippen LogP contribution in [0.25, 0.3) is 0 Å². The second kappa shape index (κ2) is 10.7. The number of hydrogen-bond acceptors (Lipinski definition) is 4. The van der Waals surface area contributed by atoms with Crippen LogP contribution in [0, 0.1) is 0 Å². The predicted octanol–water partition coefficient (Wildman–Crippen LogP) is 4.42. The first-order valence-corrected chi connectivity index (χ1v) is 11.7. The Hall–Kier alpha value is -2.52. The van der Waals surface area contributed by atoms with Crippen molar-refractivity contribution in [3.05, 3.63) is 54.1 Å². The minimum absolute atomic E-state index is 0.103. The van der Waals surface area contributed by atoms with Gasteiger partial charge in [0.05, 0.1) is 10.6 Å². The van der Waals surface area contributed by atoms with E-state index in [1.165, 1.54) is 18.2 Å². The number of para-hydroxylation sites is 2. The first-order valence-electron chi connectivity index (χ1n) is 10.3. The molecule has 0 saturated carbocycles. The summed E-state index contributed by atoms with van der Waals surface area (Å²) in [5, 5.41) is 2.57. The number of aryl methyl sites for hydroxylation is 1. The van der Waals surface area contributed by atoms with E-state index in [0.29, 0.717) is 19.5 Å². The average molecular weight is 453 g/mol. The van der Waals surface area contributed by atoms with Crippen molar-refractivity contribution in [2.75, 3.05) is 18.4 Å². The molecule has 3 rings (SSSR count). The summed E-state index contributed by atoms with van der Waals surface area (Å²) in [4.78, 5) is 12.5. The van der Waals surface area contributed by atoms with Crippen molar-refractivity contribution in [2.24, 2.45) is 0 Å². The van der Waals surface area contributed by atoms with E-state index in [4.69, 9.17) is 0 Å². The summed E-state index contributed by atoms with van der Waals surface area (Å²) in [5.41, 5.74) is 0.980. The Morgan fingerprint density at radius 2 is 1.65 bits per heavy atom. The van der Waals surface area contributed by atoms with E-state index in [9.17, 15) is 22.0 Å². The summed E-state index contributed by atoms with van der Waals surface area (Å²) in [6.45, 7) is -1.90. The molecule has 0 bridgehead atoms. The Kier molecular flexibility index (Phi) is 7.97. The first kappa shape index (κ1) is 23.1. The number of benzene rings is 2. The maximum Gasteiger partial charge on any atom is 0.387 e. The number of amides is 1. The molecule has 1 amide bonds. The molecule has 9 heteroatoms. The zero-order valence-electron chi connectivity index (χ0n) is 17.1. The zero-order chi connectivity index (χ0) is 22.3. The molecular weight excluding hydrogens is 426 g/mol. The quantitative estimate of drug-likeness (QED) is 0.643. The number of nitrogens with zero attached hydrogens (tertiary/aromatic N) is 1. The lowest BCUT2D eigenvalue weighted by atomic mass is 10.1. The summed E-state index contributed by atoms with van der Waals surface area (Å²) < 4.78 is 56.6. The Morgan fingerprint density at radius 3 is 2.29 bits per heavy atom. The van der Waals surface area contributed by atoms with Crippen LogP contribution in [0.15, 0.2) is 53.4 Å². The number of hydrogen-bond donors (Lipinski definition) is 1. The molecule has 0 unspecified atom stereocenters. The van der Waals surface area contributed by atoms with Gasteiger partial charge in [-0.05, 0) is 49.1 Å². The summed E-state index contributed by atoms with van der Waals surface area (Å²) in [6, 6.07) is 12.5. The first-order chi connectivity index (χ1) is 14.9. The third-order valence-corrected chi connectivity index (χ3v) is 7.06. The highest BCUT2D eigenvalue weighted by molar-refractivity contribution is 7.89. The van der Waals surface area contributed by atoms with Crippen LogP contribution in [-0.4, -0.2) is 38.3 Å². The van der Waals surface area contributed by atoms with Crippen LogP contribution < -0.4 is 10.1 Å². The molecule has 1 fully saturated rings. The van der Waals surface area contributed by atoms with E-state index in [1.54, 1.807) is 34.6 Å². The predicted molar refractivity (Wildman–Crippen MR) is 114 cm³/mol. The van der Waals surface area contributed by atoms with Gasteiger partial charge in [-0.3, -0.25) is 4.79 Å². The SMILES string of the molecule is O=C(CCc1ccc(S(=O)(=O)N2CCCCCC2)cc1)Nc1ccccc1OC(F)F. The van der Waals surface area contributed by atoms with E-state index in [-0.39, 0.29) is 28.7 Å². The van der Waals surface area contributed by atoms with E-state index >= 15 is 0 Å². The number of halogens is 2. The van der Waals surface area contributed by atoms with E-state index in [0.717, 1.165) is 31.2 Å². The molecule has 31 heavy (non-hydrogen) atoms. The van der Waals surface area contributed by atoms with Crippen molar-refractivity contribution in [2.45, 2.75) is 50.0 Å². The highest BCUT2D eigenvalue weighted by atomic mass is 32.2. The summed E-state index contributed by atoms with van der Waals surface area (Å²) in [7, 11) is -3.51. The van der Waals surface area contributed by atoms with Gasteiger partial charge in [0.15, 0.2) is 0 Å². The van der Waals surface area contributed by atoms with Crippen molar-refractivity contribution in [1.82, 2.24) is 4.31 Å². The Morgan fingerprint density at radius 1 is 1.00 bits per heavy atom. The number of anilines is 1. The maximum absolute atomic E-state index is 12.8. The maximum atomic E-state index is 12.8. The lowest BCUT2D eigenvalue weighted by Crippen LogP contribution is -2.31. The largest absolute Gasteiger partial charge is 0.433 e. The molecule has 0 radical (unpaired) electrons. The standard InChI is InChI=1S/C22H26F2N2O4S/c23-22(24)30-20-8-4-3-7-19(20)25-21(27)14-11-17-9-12-18(13-10-17)31(28,29)26-15-5-1-2-6-16-26/h3-4,7-10,12-13,22H,1-2,5-6,11,14-16H2,(H,25,27). The monoisotopic (exact) mass is 452 g/mol. The number of carbonyl (C=O) groups is 1. The van der Waals surface area contributed by atoms with Crippen LogP contribution >= 0.6 is 0 Å². The van der Waals surface area contributed by atoms with Gasteiger partial charge in [-0.1, -0.05) is 37.1 Å². The van der Waals surface area contributed by atoms with Crippen LogP contribution in [0.2, 0.25) is 0 Å². The van der Waals surface area contributed by atoms with Crippen molar-refractivity contribution in [3.63, 3.8) is 0 Å². The molecule has 0 aliphatic carbocycles. The molecule has 2 aromatic rings. The van der Waals surface area contributed by atoms with E-state index in [2.05, 4.69) is 10.1 Å². The van der Waals surface area contributed by atoms with Gasteiger partial charge in [-0.15, -0.1) is 0 Å². The molecule has 2 aromatic carbocycles. The summed E-state index contributed by atoms with van der Waals surface area (Å²) in [5.74, 6) is -0.458. The molecule has 0 aromatic heterocycles. The third-order valence-electron chi connectivity index (χ3n) is 5.14. The number of ether oxygens (including phenoxy) is 1. The van der Waals surface area contributed by atoms with Crippen molar-refractivity contribution in [3.8, 4) is 5.75 Å². The van der Waals surface area contributed by atoms with Crippen LogP contribution in [-0.2, 0) is 21.2 Å². The Balaban J connectivity index is 1.57. The fourth-order valence-electron chi connectivity index (χ4n) is 3.50. The number of carbonyl (C=O) groups excluding carboxylic acids is 1. The Bertz CT molecular complexity index is 973. The molecule has 0 spiro atoms. The van der Waals surface area contributed by atoms with Gasteiger partial charge in [0, 0.05) is 19.5 Å². The van der Waals surface area contributed by atoms with Gasteiger partial charge >= 0.3 is 6.61 Å². The topological polar surface area (TPSA) is 75.7 Å². The van der Waals surface area contributed by atoms with Crippen molar-refractivity contribution in [1.29, 1.82) is 0 Å². The third kappa shape index (κ3) is 6.48. The molecule has 168 valence electrons. The Labute approximate surface area is 181 Å². The van der Waals surface area contributed by atoms with E-state index in [1.807, 2.05) is 0 Å². The number of rotatable bonds is 8. The normalized spacial score (nSPS) is 15.5. The van der Waals surface area contributed by atoms with E-state index < -0.39 is 16.6 Å². The highest BCUT2D eigenvalue weighted by Crippen LogP contribution is 2.26. The molecule has 1 saturated heterocycles. The van der Waals surface area contributed by atoms with Gasteiger partial charge < -0.3 is 10.1 Å². The number of alkyl halides is 2. The number of nitrogens with one attached hydrogen (secondary N) is 1. The van der Waals surface area contributed by atoms with Crippen molar-refractivity contribution < 1.29 is 26.7 Å². The summed E-state index contributed by atoms with van der Waals surface area (Å²) in [6.07, 6.45) is 4.34. The van der Waals surface area contributed by atoms with Gasteiger partial charge in [0.2, 0.25) is 15.9 Å². The van der Waals surface area contributed by atoms with Crippen LogP contribution in [0.5, 0.6) is 5.75 Å². The molecule has 6 nitrogen and oxygen atoms in total. The van der Waals surface area contributed by atoms with Gasteiger partial charge in [0.25, 0.3) is 0 Å². The minimum Gasteiger partial charge on any atom is -0.433 e. The van der Waals surface area contributed by atoms with Crippen LogP contribution in [0.3, 0.4) is 0 Å². The molecule has 1 heterocycles. The van der Waals surface area contributed by atoms with Crippen LogP contribution in [0.4, 0.5) is 14.5 Å². The number of sulfonamides is 1. The summed E-state index contributed by atoms with van der Waals surface area (Å²) >= 11 is 0. The minimum atomic E-state index is -3.51. The average Bonchev–Trinajstić information content (AvgIpc) is 3.04. The second-order valence-electron chi connectivity index (χ2n) is 7.39. The lowest BCUT2D eigenvalue weighted by molar-refractivity contribution is -0.116. The van der Waals surface area contributed by atoms with Gasteiger partial charge in [0.1, 0.15) is 5.75 Å². The lowest BCUT2D eigenvalue weighted by Gasteiger charge is -2.20. The van der Waals surface area contributed by atoms with Gasteiger partial charge in [-0.2, -0.15) is 13.1 Å². The molecular formula is C22H26F2N2O4S. The fraction of sp³-hybridized carbons (Fsp3) is 0.409. The fourth-order valence-corrected chi connectivity index (χ4v) is 5.02. The molecule has 1 aliphatic rings. The molecule has 0 atom stereocenters. The molecule has 1 aliphatic heterocycles. The highest BCUT2D eigenvalue weighted by Gasteiger charge is 2.24. The zero-order valence-corrected chi connectivity index (χ0v) is 17.9. The van der Waals surface area contributed by atoms with Crippen molar-refractivity contribution >= 4 is 21.6 Å². The van der Waals surface area contributed by atoms with Crippen LogP contribution in [0.1, 0.15) is 37.7 Å². The molecule has 1 N–H and O–H groups in total. The smallest absolute Gasteiger partial charge is 0.387 e. The van der Waals surface area contributed by atoms with Gasteiger partial charge in [-0.25, -0.2) is 8.42 Å².